The van der Waals surface area contributed by atoms with Crippen LogP contribution in [0.25, 0.3) is 88.4 Å². The van der Waals surface area contributed by atoms with Crippen LogP contribution >= 0.6 is 0 Å². The Balaban J connectivity index is 0.993. The summed E-state index contributed by atoms with van der Waals surface area (Å²) in [5.41, 5.74) is 34.5. The second-order valence-corrected chi connectivity index (χ2v) is 38.4. The highest BCUT2D eigenvalue weighted by molar-refractivity contribution is 7.00. The summed E-state index contributed by atoms with van der Waals surface area (Å²) in [7, 11) is 0. The van der Waals surface area contributed by atoms with Crippen molar-refractivity contribution in [2.45, 2.75) is 157 Å². The zero-order valence-electron chi connectivity index (χ0n) is 69.7. The SMILES string of the molecule is CC(C)(C)c1cc(N2c3cc(-n4c5ccccc5c5cc(-c6ccccc6)ccc54)ccc3B3c4ccc(-n5c6ccc(C(C)(C)C)cc6c6cc(C(C)(C)C)ccc65)cc4N(c4cc(C(C)(C)C)cc(C(C)(C)C)c4)c4cc(N(c5ccc(-c6ccccc6)cc5)c5ccc(-c6ccccc6)cc5)cc2c43)cc(C(C)(C)C)c1. The minimum atomic E-state index is -0.248. The molecule has 0 N–H and O–H groups in total. The van der Waals surface area contributed by atoms with Crippen LogP contribution in [0.15, 0.2) is 303 Å². The van der Waals surface area contributed by atoms with Gasteiger partial charge >= 0.3 is 0 Å². The van der Waals surface area contributed by atoms with E-state index in [1.165, 1.54) is 105 Å². The normalized spacial score (nSPS) is 13.3. The number of benzene rings is 14. The minimum Gasteiger partial charge on any atom is -0.311 e. The predicted octanol–water partition coefficient (Wildman–Crippen LogP) is 28.2. The van der Waals surface area contributed by atoms with Crippen molar-refractivity contribution >= 4 is 118 Å². The predicted molar refractivity (Wildman–Crippen MR) is 492 cm³/mol. The third-order valence-electron chi connectivity index (χ3n) is 24.4. The number of nitrogens with zero attached hydrogens (tertiary/aromatic N) is 5. The van der Waals surface area contributed by atoms with Crippen molar-refractivity contribution in [3.63, 3.8) is 0 Å². The molecule has 18 rings (SSSR count). The summed E-state index contributed by atoms with van der Waals surface area (Å²) in [5.74, 6) is 0. The second-order valence-electron chi connectivity index (χ2n) is 38.4. The zero-order chi connectivity index (χ0) is 79.4. The average molecular weight is 1480 g/mol. The summed E-state index contributed by atoms with van der Waals surface area (Å²) < 4.78 is 5.09. The largest absolute Gasteiger partial charge is 0.311 e. The number of fused-ring (bicyclic) bond motifs is 10. The molecule has 4 heterocycles. The lowest BCUT2D eigenvalue weighted by molar-refractivity contribution is 0.568. The third-order valence-corrected chi connectivity index (χ3v) is 24.4. The van der Waals surface area contributed by atoms with E-state index >= 15 is 0 Å². The second kappa shape index (κ2) is 26.9. The maximum absolute atomic E-state index is 2.70. The van der Waals surface area contributed by atoms with Gasteiger partial charge in [0, 0.05) is 78.4 Å². The van der Waals surface area contributed by atoms with Gasteiger partial charge in [-0.15, -0.1) is 0 Å². The number of anilines is 9. The summed E-state index contributed by atoms with van der Waals surface area (Å²) in [6.45, 7) is 42.3. The van der Waals surface area contributed by atoms with E-state index in [4.69, 9.17) is 0 Å². The third kappa shape index (κ3) is 12.9. The molecule has 5 nitrogen and oxygen atoms in total. The molecule has 2 aliphatic rings. The van der Waals surface area contributed by atoms with E-state index in [-0.39, 0.29) is 39.2 Å². The maximum atomic E-state index is 2.70. The van der Waals surface area contributed by atoms with Crippen LogP contribution in [0, 0.1) is 0 Å². The number of aromatic nitrogens is 2. The lowest BCUT2D eigenvalue weighted by Crippen LogP contribution is -2.61. The summed E-state index contributed by atoms with van der Waals surface area (Å²) in [6.07, 6.45) is 0. The summed E-state index contributed by atoms with van der Waals surface area (Å²) in [6, 6.07) is 117. The van der Waals surface area contributed by atoms with Gasteiger partial charge in [0.1, 0.15) is 0 Å². The molecule has 14 aromatic carbocycles. The average Bonchev–Trinajstić information content (AvgIpc) is 0.716. The van der Waals surface area contributed by atoms with Gasteiger partial charge in [0.15, 0.2) is 0 Å². The first kappa shape index (κ1) is 73.6. The molecule has 0 amide bonds. The number of para-hydroxylation sites is 1. The van der Waals surface area contributed by atoms with Crippen LogP contribution in [0.1, 0.15) is 158 Å². The van der Waals surface area contributed by atoms with Crippen molar-refractivity contribution in [2.75, 3.05) is 14.7 Å². The summed E-state index contributed by atoms with van der Waals surface area (Å²) in [4.78, 5) is 7.92. The first-order valence-electron chi connectivity index (χ1n) is 41.0. The van der Waals surface area contributed by atoms with Crippen molar-refractivity contribution < 1.29 is 0 Å². The van der Waals surface area contributed by atoms with Crippen LogP contribution in [0.3, 0.4) is 0 Å². The van der Waals surface area contributed by atoms with Crippen molar-refractivity contribution in [1.29, 1.82) is 0 Å². The molecule has 0 bridgehead atoms. The van der Waals surface area contributed by atoms with E-state index in [1.807, 2.05) is 0 Å². The standard InChI is InChI=1S/C108H104BN5/c1-103(2,3)75-43-54-96-90(63-75)91-64-76(104(4,5)6)44-55-97(91)112(96)84-50-52-93-99(66-84)114(86-61-79(107(13,14)15)58-80(62-86)108(16,17)18)101-68-87(110(81-45-38-72(39-46-81)69-30-22-19-23-31-69)82-47-40-73(41-48-82)70-32-24-20-25-33-70)67-100-102(101)109(93)92-51-49-83(65-98(92)113(100)85-59-77(105(7,8)9)57-78(60-85)106(10,11)12)111-94-37-29-28-36-88(94)89-56-74(42-53-95(89)111)71-34-26-21-27-35-71/h19-68H,1-18H3. The van der Waals surface area contributed by atoms with Gasteiger partial charge in [-0.3, -0.25) is 0 Å². The fourth-order valence-corrected chi connectivity index (χ4v) is 17.7. The number of rotatable bonds is 10. The van der Waals surface area contributed by atoms with Gasteiger partial charge < -0.3 is 23.8 Å². The molecule has 0 saturated heterocycles. The molecule has 6 heteroatoms. The lowest BCUT2D eigenvalue weighted by atomic mass is 9.33. The van der Waals surface area contributed by atoms with Crippen LogP contribution in [-0.4, -0.2) is 15.8 Å². The topological polar surface area (TPSA) is 19.6 Å². The molecule has 0 atom stereocenters. The van der Waals surface area contributed by atoms with Crippen molar-refractivity contribution in [3.05, 3.63) is 337 Å². The fourth-order valence-electron chi connectivity index (χ4n) is 17.7. The quantitative estimate of drug-likeness (QED) is 0.127. The Bertz CT molecular complexity index is 6230. The van der Waals surface area contributed by atoms with E-state index in [9.17, 15) is 0 Å². The summed E-state index contributed by atoms with van der Waals surface area (Å²) in [5, 5.41) is 4.97. The Labute approximate surface area is 675 Å². The van der Waals surface area contributed by atoms with E-state index in [0.717, 1.165) is 84.7 Å². The van der Waals surface area contributed by atoms with Gasteiger partial charge in [-0.2, -0.15) is 0 Å². The van der Waals surface area contributed by atoms with Crippen LogP contribution in [0.5, 0.6) is 0 Å². The molecule has 16 aromatic rings. The van der Waals surface area contributed by atoms with E-state index in [0.29, 0.717) is 0 Å². The number of hydrogen-bond donors (Lipinski definition) is 0. The molecule has 2 aliphatic heterocycles. The van der Waals surface area contributed by atoms with Gasteiger partial charge in [0.05, 0.1) is 27.8 Å². The number of hydrogen-bond acceptors (Lipinski definition) is 3. The molecule has 114 heavy (non-hydrogen) atoms. The van der Waals surface area contributed by atoms with Gasteiger partial charge in [-0.1, -0.05) is 301 Å². The Morgan fingerprint density at radius 2 is 0.544 bits per heavy atom. The smallest absolute Gasteiger partial charge is 0.252 e. The van der Waals surface area contributed by atoms with Gasteiger partial charge in [0.25, 0.3) is 6.71 Å². The van der Waals surface area contributed by atoms with Crippen LogP contribution < -0.4 is 31.1 Å². The first-order valence-corrected chi connectivity index (χ1v) is 41.0. The van der Waals surface area contributed by atoms with Crippen LogP contribution in [0.2, 0.25) is 0 Å². The van der Waals surface area contributed by atoms with E-state index in [2.05, 4.69) is 452 Å². The molecule has 2 aromatic heterocycles. The Morgan fingerprint density at radius 1 is 0.219 bits per heavy atom. The Morgan fingerprint density at radius 3 is 0.930 bits per heavy atom. The summed E-state index contributed by atoms with van der Waals surface area (Å²) >= 11 is 0. The van der Waals surface area contributed by atoms with Crippen LogP contribution in [-0.2, 0) is 32.5 Å². The Hall–Kier alpha value is -11.9. The van der Waals surface area contributed by atoms with E-state index < -0.39 is 0 Å². The monoisotopic (exact) mass is 1480 g/mol. The van der Waals surface area contributed by atoms with Crippen molar-refractivity contribution in [1.82, 2.24) is 9.13 Å². The fraction of sp³-hybridized carbons (Fsp3) is 0.222. The molecular weight excluding hydrogens is 1380 g/mol. The van der Waals surface area contributed by atoms with Crippen LogP contribution in [0.4, 0.5) is 51.2 Å². The highest BCUT2D eigenvalue weighted by Crippen LogP contribution is 2.53. The maximum Gasteiger partial charge on any atom is 0.252 e. The molecule has 564 valence electrons. The molecule has 0 radical (unpaired) electrons. The zero-order valence-corrected chi connectivity index (χ0v) is 69.7. The van der Waals surface area contributed by atoms with Gasteiger partial charge in [0.2, 0.25) is 0 Å². The highest BCUT2D eigenvalue weighted by atomic mass is 15.2. The molecule has 0 aliphatic carbocycles. The molecule has 0 saturated carbocycles. The minimum absolute atomic E-state index is 0.0606. The molecule has 0 unspecified atom stereocenters. The van der Waals surface area contributed by atoms with Gasteiger partial charge in [-0.05, 0) is 243 Å². The molecule has 0 fully saturated rings. The highest BCUT2D eigenvalue weighted by Gasteiger charge is 2.46. The van der Waals surface area contributed by atoms with Crippen molar-refractivity contribution in [2.24, 2.45) is 0 Å². The lowest BCUT2D eigenvalue weighted by Gasteiger charge is -2.46. The van der Waals surface area contributed by atoms with Gasteiger partial charge in [-0.25, -0.2) is 0 Å². The molecule has 0 spiro atoms. The molecular formula is C108H104BN5. The van der Waals surface area contributed by atoms with Crippen molar-refractivity contribution in [3.8, 4) is 44.8 Å². The first-order chi connectivity index (χ1) is 54.3. The Kier molecular flexibility index (Phi) is 17.4. The van der Waals surface area contributed by atoms with E-state index in [1.54, 1.807) is 0 Å².